The third-order valence-electron chi connectivity index (χ3n) is 2.43. The van der Waals surface area contributed by atoms with Crippen LogP contribution in [0.5, 0.6) is 0 Å². The summed E-state index contributed by atoms with van der Waals surface area (Å²) < 4.78 is 72.0. The molecule has 116 valence electrons. The summed E-state index contributed by atoms with van der Waals surface area (Å²) >= 11 is 0. The zero-order chi connectivity index (χ0) is 14.9. The molecule has 0 rings (SSSR count). The van der Waals surface area contributed by atoms with Crippen molar-refractivity contribution < 1.29 is 26.2 Å². The molecular formula is C11H20F5NOS. The van der Waals surface area contributed by atoms with Gasteiger partial charge in [-0.1, -0.05) is 6.92 Å². The van der Waals surface area contributed by atoms with Crippen LogP contribution in [-0.4, -0.2) is 40.9 Å². The van der Waals surface area contributed by atoms with E-state index >= 15 is 0 Å². The van der Waals surface area contributed by atoms with Crippen LogP contribution in [0, 0.1) is 0 Å². The number of nitrogens with one attached hydrogen (secondary N) is 1. The Bertz CT molecular complexity index is 270. The highest BCUT2D eigenvalue weighted by Gasteiger charge is 2.56. The van der Waals surface area contributed by atoms with Crippen molar-refractivity contribution in [2.75, 3.05) is 24.6 Å². The average Bonchev–Trinajstić information content (AvgIpc) is 2.27. The molecule has 1 atom stereocenters. The number of alkyl halides is 5. The van der Waals surface area contributed by atoms with Crippen molar-refractivity contribution >= 4 is 10.8 Å². The highest BCUT2D eigenvalue weighted by atomic mass is 32.2. The van der Waals surface area contributed by atoms with Crippen molar-refractivity contribution in [2.45, 2.75) is 44.7 Å². The predicted octanol–water partition coefficient (Wildman–Crippen LogP) is 3.10. The van der Waals surface area contributed by atoms with E-state index in [0.29, 0.717) is 18.7 Å². The molecule has 1 N–H and O–H groups in total. The molecule has 0 saturated carbocycles. The van der Waals surface area contributed by atoms with Gasteiger partial charge in [0.25, 0.3) is 0 Å². The fraction of sp³-hybridized carbons (Fsp3) is 1.00. The van der Waals surface area contributed by atoms with Gasteiger partial charge in [0, 0.05) is 28.7 Å². The van der Waals surface area contributed by atoms with Gasteiger partial charge in [0.1, 0.15) is 0 Å². The van der Waals surface area contributed by atoms with E-state index in [4.69, 9.17) is 0 Å². The topological polar surface area (TPSA) is 29.1 Å². The monoisotopic (exact) mass is 309 g/mol. The number of hydrogen-bond donors (Lipinski definition) is 1. The lowest BCUT2D eigenvalue weighted by Crippen LogP contribution is -2.36. The smallest absolute Gasteiger partial charge is 0.317 e. The lowest BCUT2D eigenvalue weighted by Gasteiger charge is -2.19. The normalized spacial score (nSPS) is 14.6. The molecule has 0 heterocycles. The molecule has 0 bridgehead atoms. The van der Waals surface area contributed by atoms with Gasteiger partial charge in [-0.15, -0.1) is 0 Å². The number of hydrogen-bond acceptors (Lipinski definition) is 2. The highest BCUT2D eigenvalue weighted by Crippen LogP contribution is 2.38. The number of halogens is 5. The van der Waals surface area contributed by atoms with Crippen LogP contribution in [-0.2, 0) is 10.8 Å². The van der Waals surface area contributed by atoms with Gasteiger partial charge in [-0.25, -0.2) is 0 Å². The van der Waals surface area contributed by atoms with E-state index in [2.05, 4.69) is 5.32 Å². The Labute approximate surface area is 112 Å². The molecule has 19 heavy (non-hydrogen) atoms. The minimum absolute atomic E-state index is 0.112. The van der Waals surface area contributed by atoms with Crippen molar-refractivity contribution in [1.82, 2.24) is 5.32 Å². The minimum atomic E-state index is -5.52. The maximum absolute atomic E-state index is 12.5. The van der Waals surface area contributed by atoms with E-state index in [9.17, 15) is 26.2 Å². The van der Waals surface area contributed by atoms with Crippen LogP contribution < -0.4 is 5.32 Å². The Balaban J connectivity index is 3.69. The first kappa shape index (κ1) is 18.8. The van der Waals surface area contributed by atoms with Gasteiger partial charge >= 0.3 is 12.1 Å². The Morgan fingerprint density at radius 3 is 2.11 bits per heavy atom. The maximum Gasteiger partial charge on any atom is 0.453 e. The van der Waals surface area contributed by atoms with Crippen molar-refractivity contribution in [3.63, 3.8) is 0 Å². The van der Waals surface area contributed by atoms with Gasteiger partial charge in [-0.2, -0.15) is 22.0 Å². The Kier molecular flexibility index (Phi) is 8.73. The summed E-state index contributed by atoms with van der Waals surface area (Å²) in [5.41, 5.74) is 0. The van der Waals surface area contributed by atoms with Crippen LogP contribution in [0.4, 0.5) is 22.0 Å². The largest absolute Gasteiger partial charge is 0.453 e. The molecule has 8 heteroatoms. The first-order chi connectivity index (χ1) is 8.70. The van der Waals surface area contributed by atoms with Crippen LogP contribution in [0.25, 0.3) is 0 Å². The van der Waals surface area contributed by atoms with Gasteiger partial charge in [0.05, 0.1) is 0 Å². The lowest BCUT2D eigenvalue weighted by atomic mass is 10.2. The van der Waals surface area contributed by atoms with E-state index in [1.165, 1.54) is 0 Å². The standard InChI is InChI=1S/C11H20F5NOS/c1-2-6-17-7-4-9-19(18)8-3-5-10(12,13)11(14,15)16/h17H,2-9H2,1H3. The molecule has 1 unspecified atom stereocenters. The van der Waals surface area contributed by atoms with E-state index in [0.717, 1.165) is 13.0 Å². The summed E-state index contributed by atoms with van der Waals surface area (Å²) in [4.78, 5) is 0. The lowest BCUT2D eigenvalue weighted by molar-refractivity contribution is -0.284. The zero-order valence-electron chi connectivity index (χ0n) is 10.9. The van der Waals surface area contributed by atoms with Crippen LogP contribution >= 0.6 is 0 Å². The van der Waals surface area contributed by atoms with Gasteiger partial charge in [0.15, 0.2) is 0 Å². The zero-order valence-corrected chi connectivity index (χ0v) is 11.7. The first-order valence-corrected chi connectivity index (χ1v) is 7.69. The fourth-order valence-electron chi connectivity index (χ4n) is 1.36. The van der Waals surface area contributed by atoms with Crippen molar-refractivity contribution in [3.05, 3.63) is 0 Å². The third-order valence-corrected chi connectivity index (χ3v) is 3.92. The summed E-state index contributed by atoms with van der Waals surface area (Å²) in [5.74, 6) is -4.46. The van der Waals surface area contributed by atoms with Gasteiger partial charge in [-0.3, -0.25) is 4.21 Å². The van der Waals surface area contributed by atoms with E-state index in [-0.39, 0.29) is 12.2 Å². The third kappa shape index (κ3) is 8.52. The van der Waals surface area contributed by atoms with Crippen LogP contribution in [0.15, 0.2) is 0 Å². The summed E-state index contributed by atoms with van der Waals surface area (Å²) in [7, 11) is -1.33. The van der Waals surface area contributed by atoms with E-state index in [1.54, 1.807) is 0 Å². The summed E-state index contributed by atoms with van der Waals surface area (Å²) in [5, 5.41) is 3.09. The van der Waals surface area contributed by atoms with Crippen molar-refractivity contribution in [1.29, 1.82) is 0 Å². The second kappa shape index (κ2) is 8.84. The molecule has 0 spiro atoms. The molecular weight excluding hydrogens is 289 g/mol. The van der Waals surface area contributed by atoms with E-state index < -0.39 is 29.3 Å². The summed E-state index contributed by atoms with van der Waals surface area (Å²) in [6, 6.07) is 0. The number of rotatable bonds is 10. The van der Waals surface area contributed by atoms with Crippen LogP contribution in [0.3, 0.4) is 0 Å². The Morgan fingerprint density at radius 2 is 1.58 bits per heavy atom. The molecule has 0 aliphatic rings. The van der Waals surface area contributed by atoms with Gasteiger partial charge in [-0.05, 0) is 32.4 Å². The van der Waals surface area contributed by atoms with E-state index in [1.807, 2.05) is 6.92 Å². The van der Waals surface area contributed by atoms with Gasteiger partial charge < -0.3 is 5.32 Å². The Morgan fingerprint density at radius 1 is 1.00 bits per heavy atom. The molecule has 2 nitrogen and oxygen atoms in total. The molecule has 0 saturated heterocycles. The molecule has 0 fully saturated rings. The fourth-order valence-corrected chi connectivity index (χ4v) is 2.50. The first-order valence-electron chi connectivity index (χ1n) is 6.21. The molecule has 0 aromatic rings. The van der Waals surface area contributed by atoms with Crippen LogP contribution in [0.2, 0.25) is 0 Å². The Hall–Kier alpha value is -0.240. The SMILES string of the molecule is CCCNCCCS(=O)CCCC(F)(F)C(F)(F)F. The maximum atomic E-state index is 12.5. The molecule has 0 aliphatic heterocycles. The molecule has 0 radical (unpaired) electrons. The molecule has 0 aromatic carbocycles. The quantitative estimate of drug-likeness (QED) is 0.496. The molecule has 0 amide bonds. The van der Waals surface area contributed by atoms with Crippen molar-refractivity contribution in [3.8, 4) is 0 Å². The van der Waals surface area contributed by atoms with Crippen LogP contribution in [0.1, 0.15) is 32.6 Å². The highest BCUT2D eigenvalue weighted by molar-refractivity contribution is 7.84. The summed E-state index contributed by atoms with van der Waals surface area (Å²) in [6.45, 7) is 3.54. The van der Waals surface area contributed by atoms with Gasteiger partial charge in [0.2, 0.25) is 0 Å². The second-order valence-electron chi connectivity index (χ2n) is 4.26. The summed E-state index contributed by atoms with van der Waals surface area (Å²) in [6.07, 6.45) is -5.59. The molecule has 0 aliphatic carbocycles. The van der Waals surface area contributed by atoms with Crippen molar-refractivity contribution in [2.24, 2.45) is 0 Å². The predicted molar refractivity (Wildman–Crippen MR) is 65.9 cm³/mol. The minimum Gasteiger partial charge on any atom is -0.317 e. The molecule has 0 aromatic heterocycles. The average molecular weight is 309 g/mol. The second-order valence-corrected chi connectivity index (χ2v) is 5.95.